The first-order valence-electron chi connectivity index (χ1n) is 8.30. The van der Waals surface area contributed by atoms with E-state index >= 15 is 0 Å². The summed E-state index contributed by atoms with van der Waals surface area (Å²) < 4.78 is 1.90. The molecule has 1 atom stereocenters. The Kier molecular flexibility index (Phi) is 6.65. The Bertz CT molecular complexity index is 507. The summed E-state index contributed by atoms with van der Waals surface area (Å²) in [4.78, 5) is 11.8. The van der Waals surface area contributed by atoms with Crippen molar-refractivity contribution in [2.45, 2.75) is 58.5 Å². The molecule has 0 saturated heterocycles. The molecular formula is C17H28N4O. The van der Waals surface area contributed by atoms with Crippen molar-refractivity contribution >= 4 is 5.91 Å². The summed E-state index contributed by atoms with van der Waals surface area (Å²) >= 11 is 0. The Hall–Kier alpha value is -1.62. The van der Waals surface area contributed by atoms with Crippen LogP contribution in [-0.2, 0) is 11.3 Å². The monoisotopic (exact) mass is 304 g/mol. The lowest BCUT2D eigenvalue weighted by Crippen LogP contribution is -2.40. The van der Waals surface area contributed by atoms with E-state index in [1.54, 1.807) is 0 Å². The van der Waals surface area contributed by atoms with Crippen LogP contribution in [-0.4, -0.2) is 34.8 Å². The molecule has 5 nitrogen and oxygen atoms in total. The highest BCUT2D eigenvalue weighted by atomic mass is 16.1. The second-order valence-electron chi connectivity index (χ2n) is 6.23. The van der Waals surface area contributed by atoms with Crippen LogP contribution in [0.3, 0.4) is 0 Å². The van der Waals surface area contributed by atoms with Gasteiger partial charge in [-0.05, 0) is 51.5 Å². The molecule has 1 amide bonds. The zero-order valence-electron chi connectivity index (χ0n) is 13.8. The maximum absolute atomic E-state index is 11.8. The number of allylic oxidation sites excluding steroid dienone is 1. The van der Waals surface area contributed by atoms with Crippen LogP contribution in [0.1, 0.15) is 44.6 Å². The highest BCUT2D eigenvalue weighted by molar-refractivity contribution is 5.77. The molecule has 2 rings (SSSR count). The Morgan fingerprint density at radius 2 is 2.32 bits per heavy atom. The molecule has 0 bridgehead atoms. The highest BCUT2D eigenvalue weighted by Crippen LogP contribution is 2.19. The molecule has 0 aromatic carbocycles. The van der Waals surface area contributed by atoms with Gasteiger partial charge in [0.1, 0.15) is 0 Å². The van der Waals surface area contributed by atoms with Crippen molar-refractivity contribution in [3.8, 4) is 0 Å². The molecule has 2 N–H and O–H groups in total. The zero-order valence-corrected chi connectivity index (χ0v) is 13.8. The molecule has 22 heavy (non-hydrogen) atoms. The first-order chi connectivity index (χ1) is 10.6. The molecule has 0 unspecified atom stereocenters. The van der Waals surface area contributed by atoms with Crippen molar-refractivity contribution in [1.82, 2.24) is 20.4 Å². The van der Waals surface area contributed by atoms with Crippen molar-refractivity contribution in [3.05, 3.63) is 29.6 Å². The third-order valence-electron chi connectivity index (χ3n) is 3.99. The fraction of sp³-hybridized carbons (Fsp3) is 0.647. The van der Waals surface area contributed by atoms with Gasteiger partial charge in [0.25, 0.3) is 0 Å². The standard InChI is InChI=1S/C17H28N4O/c1-14-10-20-21(12-14)13-15(2)19-11-17(22)18-9-8-16-6-4-3-5-7-16/h6,10,12,15,19H,3-5,7-9,11,13H2,1-2H3,(H,18,22)/t15-/m0/s1. The predicted octanol–water partition coefficient (Wildman–Crippen LogP) is 2.18. The molecule has 1 aromatic heterocycles. The van der Waals surface area contributed by atoms with Gasteiger partial charge < -0.3 is 10.6 Å². The van der Waals surface area contributed by atoms with E-state index in [2.05, 4.69) is 28.7 Å². The van der Waals surface area contributed by atoms with Gasteiger partial charge in [-0.2, -0.15) is 5.10 Å². The molecule has 0 aliphatic heterocycles. The summed E-state index contributed by atoms with van der Waals surface area (Å²) in [6.45, 7) is 5.97. The Labute approximate surface area is 133 Å². The third kappa shape index (κ3) is 6.02. The minimum absolute atomic E-state index is 0.0694. The van der Waals surface area contributed by atoms with Gasteiger partial charge in [-0.3, -0.25) is 9.48 Å². The molecule has 0 fully saturated rings. The quantitative estimate of drug-likeness (QED) is 0.724. The average Bonchev–Trinajstić information content (AvgIpc) is 2.91. The number of carbonyl (C=O) groups is 1. The Balaban J connectivity index is 1.57. The van der Waals surface area contributed by atoms with E-state index in [0.717, 1.165) is 25.1 Å². The number of hydrogen-bond donors (Lipinski definition) is 2. The molecule has 5 heteroatoms. The van der Waals surface area contributed by atoms with Gasteiger partial charge in [0.15, 0.2) is 0 Å². The van der Waals surface area contributed by atoms with Crippen LogP contribution in [0.15, 0.2) is 24.0 Å². The SMILES string of the molecule is Cc1cnn(C[C@H](C)NCC(=O)NCCC2=CCCCC2)c1. The Morgan fingerprint density at radius 1 is 1.45 bits per heavy atom. The molecule has 1 aliphatic carbocycles. The van der Waals surface area contributed by atoms with E-state index in [4.69, 9.17) is 0 Å². The van der Waals surface area contributed by atoms with Crippen LogP contribution < -0.4 is 10.6 Å². The minimum Gasteiger partial charge on any atom is -0.355 e. The number of carbonyl (C=O) groups excluding carboxylic acids is 1. The van der Waals surface area contributed by atoms with E-state index in [1.807, 2.05) is 24.0 Å². The van der Waals surface area contributed by atoms with E-state index in [1.165, 1.54) is 31.3 Å². The normalized spacial score (nSPS) is 16.2. The predicted molar refractivity (Wildman–Crippen MR) is 88.6 cm³/mol. The summed E-state index contributed by atoms with van der Waals surface area (Å²) in [7, 11) is 0. The molecule has 1 aliphatic rings. The van der Waals surface area contributed by atoms with Gasteiger partial charge in [-0.25, -0.2) is 0 Å². The first kappa shape index (κ1) is 16.7. The number of hydrogen-bond acceptors (Lipinski definition) is 3. The van der Waals surface area contributed by atoms with Gasteiger partial charge in [0, 0.05) is 18.8 Å². The van der Waals surface area contributed by atoms with Crippen LogP contribution in [0.2, 0.25) is 0 Å². The molecule has 0 spiro atoms. The van der Waals surface area contributed by atoms with Gasteiger partial charge in [-0.15, -0.1) is 0 Å². The number of aryl methyl sites for hydroxylation is 1. The van der Waals surface area contributed by atoms with E-state index < -0.39 is 0 Å². The molecule has 0 radical (unpaired) electrons. The minimum atomic E-state index is 0.0694. The number of aromatic nitrogens is 2. The second kappa shape index (κ2) is 8.73. The van der Waals surface area contributed by atoms with Crippen molar-refractivity contribution in [2.75, 3.05) is 13.1 Å². The number of nitrogens with one attached hydrogen (secondary N) is 2. The van der Waals surface area contributed by atoms with Crippen molar-refractivity contribution in [2.24, 2.45) is 0 Å². The molecule has 0 saturated carbocycles. The smallest absolute Gasteiger partial charge is 0.233 e. The lowest BCUT2D eigenvalue weighted by molar-refractivity contribution is -0.120. The maximum Gasteiger partial charge on any atom is 0.233 e. The fourth-order valence-corrected chi connectivity index (χ4v) is 2.74. The largest absolute Gasteiger partial charge is 0.355 e. The van der Waals surface area contributed by atoms with Crippen molar-refractivity contribution in [3.63, 3.8) is 0 Å². The number of amides is 1. The number of rotatable bonds is 8. The zero-order chi connectivity index (χ0) is 15.8. The fourth-order valence-electron chi connectivity index (χ4n) is 2.74. The molecular weight excluding hydrogens is 276 g/mol. The summed E-state index contributed by atoms with van der Waals surface area (Å²) in [5, 5.41) is 10.5. The lowest BCUT2D eigenvalue weighted by Gasteiger charge is -2.15. The summed E-state index contributed by atoms with van der Waals surface area (Å²) in [5.74, 6) is 0.0694. The Morgan fingerprint density at radius 3 is 3.00 bits per heavy atom. The topological polar surface area (TPSA) is 59.0 Å². The molecule has 1 aromatic rings. The van der Waals surface area contributed by atoms with Crippen LogP contribution in [0, 0.1) is 6.92 Å². The average molecular weight is 304 g/mol. The van der Waals surface area contributed by atoms with Crippen molar-refractivity contribution in [1.29, 1.82) is 0 Å². The van der Waals surface area contributed by atoms with Gasteiger partial charge >= 0.3 is 0 Å². The molecule has 122 valence electrons. The van der Waals surface area contributed by atoms with E-state index in [9.17, 15) is 4.79 Å². The van der Waals surface area contributed by atoms with Crippen molar-refractivity contribution < 1.29 is 4.79 Å². The summed E-state index contributed by atoms with van der Waals surface area (Å²) in [6, 6.07) is 0.214. The van der Waals surface area contributed by atoms with Crippen LogP contribution in [0.25, 0.3) is 0 Å². The first-order valence-corrected chi connectivity index (χ1v) is 8.30. The van der Waals surface area contributed by atoms with Gasteiger partial charge in [0.05, 0.1) is 19.3 Å². The highest BCUT2D eigenvalue weighted by Gasteiger charge is 2.08. The summed E-state index contributed by atoms with van der Waals surface area (Å²) in [6.07, 6.45) is 12.2. The maximum atomic E-state index is 11.8. The lowest BCUT2D eigenvalue weighted by atomic mass is 9.97. The van der Waals surface area contributed by atoms with Gasteiger partial charge in [0.2, 0.25) is 5.91 Å². The third-order valence-corrected chi connectivity index (χ3v) is 3.99. The van der Waals surface area contributed by atoms with E-state index in [-0.39, 0.29) is 11.9 Å². The second-order valence-corrected chi connectivity index (χ2v) is 6.23. The van der Waals surface area contributed by atoms with E-state index in [0.29, 0.717) is 6.54 Å². The van der Waals surface area contributed by atoms with Crippen LogP contribution >= 0.6 is 0 Å². The summed E-state index contributed by atoms with van der Waals surface area (Å²) in [5.41, 5.74) is 2.66. The van der Waals surface area contributed by atoms with Gasteiger partial charge in [-0.1, -0.05) is 11.6 Å². The number of nitrogens with zero attached hydrogens (tertiary/aromatic N) is 2. The van der Waals surface area contributed by atoms with Crippen LogP contribution in [0.4, 0.5) is 0 Å². The molecule has 1 heterocycles. The van der Waals surface area contributed by atoms with Crippen LogP contribution in [0.5, 0.6) is 0 Å².